The first-order chi connectivity index (χ1) is 13.2. The van der Waals surface area contributed by atoms with Crippen LogP contribution in [0, 0.1) is 0 Å². The van der Waals surface area contributed by atoms with Crippen LogP contribution in [0.1, 0.15) is 16.1 Å². The van der Waals surface area contributed by atoms with Crippen molar-refractivity contribution in [2.75, 3.05) is 5.32 Å². The summed E-state index contributed by atoms with van der Waals surface area (Å²) in [5, 5.41) is 3.58. The molecule has 2 aromatic carbocycles. The number of anilines is 1. The smallest absolute Gasteiger partial charge is 0.259 e. The molecule has 27 heavy (non-hydrogen) atoms. The molecule has 7 heteroatoms. The van der Waals surface area contributed by atoms with E-state index >= 15 is 0 Å². The van der Waals surface area contributed by atoms with Crippen LogP contribution in [0.4, 0.5) is 5.69 Å². The molecule has 134 valence electrons. The van der Waals surface area contributed by atoms with Crippen LogP contribution in [0.3, 0.4) is 0 Å². The summed E-state index contributed by atoms with van der Waals surface area (Å²) in [5.41, 5.74) is 2.67. The monoisotopic (exact) mass is 395 g/mol. The molecule has 0 fully saturated rings. The SMILES string of the molecule is O=C(Nc1ccc2nccnc2c1)c1ccoc1CSc1ccc(Cl)cc1. The van der Waals surface area contributed by atoms with E-state index in [0.717, 1.165) is 15.9 Å². The normalized spacial score (nSPS) is 10.9. The standard InChI is InChI=1S/C20H14ClN3O2S/c21-13-1-4-15(5-2-13)27-12-19-16(7-10-26-19)20(25)24-14-3-6-17-18(11-14)23-9-8-22-17/h1-11H,12H2,(H,24,25). The van der Waals surface area contributed by atoms with Crippen molar-refractivity contribution in [1.29, 1.82) is 0 Å². The van der Waals surface area contributed by atoms with E-state index < -0.39 is 0 Å². The summed E-state index contributed by atoms with van der Waals surface area (Å²) in [4.78, 5) is 22.2. The lowest BCUT2D eigenvalue weighted by Crippen LogP contribution is -2.12. The topological polar surface area (TPSA) is 68.0 Å². The highest BCUT2D eigenvalue weighted by molar-refractivity contribution is 7.98. The van der Waals surface area contributed by atoms with Gasteiger partial charge in [-0.05, 0) is 48.5 Å². The Labute approximate surface area is 164 Å². The maximum Gasteiger partial charge on any atom is 0.259 e. The van der Waals surface area contributed by atoms with E-state index in [1.807, 2.05) is 30.3 Å². The van der Waals surface area contributed by atoms with Crippen molar-refractivity contribution in [1.82, 2.24) is 9.97 Å². The van der Waals surface area contributed by atoms with E-state index in [9.17, 15) is 4.79 Å². The second-order valence-corrected chi connectivity index (χ2v) is 7.20. The molecule has 2 aromatic heterocycles. The molecule has 0 aliphatic rings. The summed E-state index contributed by atoms with van der Waals surface area (Å²) in [7, 11) is 0. The number of furan rings is 1. The molecule has 0 unspecified atom stereocenters. The Morgan fingerprint density at radius 1 is 1.04 bits per heavy atom. The van der Waals surface area contributed by atoms with Crippen LogP contribution in [-0.2, 0) is 5.75 Å². The first-order valence-corrected chi connectivity index (χ1v) is 9.52. The second kappa shape index (κ2) is 7.82. The number of carbonyl (C=O) groups is 1. The summed E-state index contributed by atoms with van der Waals surface area (Å²) in [6, 6.07) is 14.6. The molecule has 0 bridgehead atoms. The Morgan fingerprint density at radius 3 is 2.63 bits per heavy atom. The van der Waals surface area contributed by atoms with Crippen LogP contribution >= 0.6 is 23.4 Å². The molecule has 1 N–H and O–H groups in total. The van der Waals surface area contributed by atoms with Gasteiger partial charge in [0, 0.05) is 28.0 Å². The predicted molar refractivity (Wildman–Crippen MR) is 107 cm³/mol. The summed E-state index contributed by atoms with van der Waals surface area (Å²) in [5.74, 6) is 0.937. The van der Waals surface area contributed by atoms with Gasteiger partial charge in [-0.15, -0.1) is 11.8 Å². The van der Waals surface area contributed by atoms with Gasteiger partial charge in [-0.25, -0.2) is 0 Å². The predicted octanol–water partition coefficient (Wildman–Crippen LogP) is 5.42. The third kappa shape index (κ3) is 4.13. The third-order valence-electron chi connectivity index (χ3n) is 3.90. The number of rotatable bonds is 5. The van der Waals surface area contributed by atoms with E-state index in [-0.39, 0.29) is 5.91 Å². The lowest BCUT2D eigenvalue weighted by Gasteiger charge is -2.06. The number of hydrogen-bond donors (Lipinski definition) is 1. The minimum atomic E-state index is -0.223. The average Bonchev–Trinajstić information content (AvgIpc) is 3.16. The molecule has 0 saturated carbocycles. The molecule has 1 amide bonds. The van der Waals surface area contributed by atoms with Gasteiger partial charge in [-0.3, -0.25) is 14.8 Å². The largest absolute Gasteiger partial charge is 0.468 e. The molecule has 0 aliphatic carbocycles. The van der Waals surface area contributed by atoms with Crippen LogP contribution in [-0.4, -0.2) is 15.9 Å². The quantitative estimate of drug-likeness (QED) is 0.457. The van der Waals surface area contributed by atoms with E-state index in [2.05, 4.69) is 15.3 Å². The van der Waals surface area contributed by atoms with E-state index in [1.165, 1.54) is 6.26 Å². The number of fused-ring (bicyclic) bond motifs is 1. The zero-order valence-corrected chi connectivity index (χ0v) is 15.6. The fourth-order valence-corrected chi connectivity index (χ4v) is 3.55. The maximum absolute atomic E-state index is 12.7. The van der Waals surface area contributed by atoms with Crippen molar-refractivity contribution in [3.05, 3.63) is 83.5 Å². The zero-order chi connectivity index (χ0) is 18.6. The third-order valence-corrected chi connectivity index (χ3v) is 5.16. The molecule has 0 spiro atoms. The number of aromatic nitrogens is 2. The van der Waals surface area contributed by atoms with Gasteiger partial charge in [0.25, 0.3) is 5.91 Å². The Morgan fingerprint density at radius 2 is 1.81 bits per heavy atom. The fourth-order valence-electron chi connectivity index (χ4n) is 2.57. The first-order valence-electron chi connectivity index (χ1n) is 8.16. The first kappa shape index (κ1) is 17.6. The summed E-state index contributed by atoms with van der Waals surface area (Å²) >= 11 is 7.48. The average molecular weight is 396 g/mol. The number of nitrogens with one attached hydrogen (secondary N) is 1. The zero-order valence-electron chi connectivity index (χ0n) is 14.1. The molecule has 4 aromatic rings. The lowest BCUT2D eigenvalue weighted by atomic mass is 10.2. The van der Waals surface area contributed by atoms with E-state index in [0.29, 0.717) is 27.8 Å². The van der Waals surface area contributed by atoms with Gasteiger partial charge in [0.2, 0.25) is 0 Å². The summed E-state index contributed by atoms with van der Waals surface area (Å²) in [6.45, 7) is 0. The van der Waals surface area contributed by atoms with Crippen LogP contribution in [0.15, 0.2) is 76.5 Å². The lowest BCUT2D eigenvalue weighted by molar-refractivity contribution is 0.102. The summed E-state index contributed by atoms with van der Waals surface area (Å²) in [6.07, 6.45) is 4.78. The van der Waals surface area contributed by atoms with E-state index in [4.69, 9.17) is 16.0 Å². The maximum atomic E-state index is 12.7. The van der Waals surface area contributed by atoms with Crippen molar-refractivity contribution >= 4 is 46.0 Å². The number of nitrogens with zero attached hydrogens (tertiary/aromatic N) is 2. The molecule has 0 atom stereocenters. The minimum Gasteiger partial charge on any atom is -0.468 e. The highest BCUT2D eigenvalue weighted by Crippen LogP contribution is 2.27. The molecule has 2 heterocycles. The van der Waals surface area contributed by atoms with Crippen LogP contribution < -0.4 is 5.32 Å². The van der Waals surface area contributed by atoms with Crippen molar-refractivity contribution in [3.8, 4) is 0 Å². The van der Waals surface area contributed by atoms with Gasteiger partial charge < -0.3 is 9.73 Å². The highest BCUT2D eigenvalue weighted by atomic mass is 35.5. The number of hydrogen-bond acceptors (Lipinski definition) is 5. The van der Waals surface area contributed by atoms with Crippen LogP contribution in [0.5, 0.6) is 0 Å². The highest BCUT2D eigenvalue weighted by Gasteiger charge is 2.15. The Bertz CT molecular complexity index is 1100. The number of thioether (sulfide) groups is 1. The van der Waals surface area contributed by atoms with Gasteiger partial charge in [0.05, 0.1) is 28.6 Å². The van der Waals surface area contributed by atoms with Crippen LogP contribution in [0.25, 0.3) is 11.0 Å². The summed E-state index contributed by atoms with van der Waals surface area (Å²) < 4.78 is 5.51. The molecule has 0 aliphatic heterocycles. The van der Waals surface area contributed by atoms with E-state index in [1.54, 1.807) is 42.4 Å². The Hall–Kier alpha value is -2.83. The van der Waals surface area contributed by atoms with Gasteiger partial charge in [-0.1, -0.05) is 11.6 Å². The van der Waals surface area contributed by atoms with Crippen molar-refractivity contribution < 1.29 is 9.21 Å². The van der Waals surface area contributed by atoms with Crippen LogP contribution in [0.2, 0.25) is 5.02 Å². The molecule has 4 rings (SSSR count). The molecular formula is C20H14ClN3O2S. The number of benzene rings is 2. The number of amides is 1. The van der Waals surface area contributed by atoms with Gasteiger partial charge in [-0.2, -0.15) is 0 Å². The Kier molecular flexibility index (Phi) is 5.09. The Balaban J connectivity index is 1.47. The van der Waals surface area contributed by atoms with Gasteiger partial charge >= 0.3 is 0 Å². The molecule has 0 saturated heterocycles. The van der Waals surface area contributed by atoms with Crippen molar-refractivity contribution in [2.24, 2.45) is 0 Å². The number of carbonyl (C=O) groups excluding carboxylic acids is 1. The molecular weight excluding hydrogens is 382 g/mol. The van der Waals surface area contributed by atoms with Crippen molar-refractivity contribution in [3.63, 3.8) is 0 Å². The molecule has 0 radical (unpaired) electrons. The van der Waals surface area contributed by atoms with Gasteiger partial charge in [0.1, 0.15) is 5.76 Å². The van der Waals surface area contributed by atoms with Crippen molar-refractivity contribution in [2.45, 2.75) is 10.6 Å². The fraction of sp³-hybridized carbons (Fsp3) is 0.0500. The minimum absolute atomic E-state index is 0.223. The van der Waals surface area contributed by atoms with Gasteiger partial charge in [0.15, 0.2) is 0 Å². The number of halogens is 1. The molecule has 5 nitrogen and oxygen atoms in total. The second-order valence-electron chi connectivity index (χ2n) is 5.71.